The summed E-state index contributed by atoms with van der Waals surface area (Å²) in [6.45, 7) is 0.322. The van der Waals surface area contributed by atoms with Gasteiger partial charge in [0.25, 0.3) is 5.91 Å². The number of pyridine rings is 1. The van der Waals surface area contributed by atoms with Gasteiger partial charge in [-0.1, -0.05) is 42.1 Å². The summed E-state index contributed by atoms with van der Waals surface area (Å²) in [4.78, 5) is 25.3. The number of benzene rings is 1. The summed E-state index contributed by atoms with van der Waals surface area (Å²) in [5.41, 5.74) is 4.23. The number of amides is 1. The number of carbonyl (C=O) groups excluding carboxylic acids is 1. The predicted molar refractivity (Wildman–Crippen MR) is 89.7 cm³/mol. The molecule has 2 N–H and O–H groups in total. The van der Waals surface area contributed by atoms with Crippen LogP contribution in [0.1, 0.15) is 5.56 Å². The van der Waals surface area contributed by atoms with Crippen LogP contribution in [0.5, 0.6) is 0 Å². The third-order valence-electron chi connectivity index (χ3n) is 3.00. The molecule has 3 aromatic rings. The molecule has 0 aliphatic carbocycles. The summed E-state index contributed by atoms with van der Waals surface area (Å²) in [6.07, 6.45) is 3.38. The Morgan fingerprint density at radius 1 is 1.21 bits per heavy atom. The van der Waals surface area contributed by atoms with Crippen molar-refractivity contribution in [1.29, 1.82) is 0 Å². The third kappa shape index (κ3) is 4.64. The number of aromatic amines is 1. The molecule has 0 saturated carbocycles. The molecule has 122 valence electrons. The van der Waals surface area contributed by atoms with Gasteiger partial charge >= 0.3 is 0 Å². The Balaban J connectivity index is 1.42. The summed E-state index contributed by atoms with van der Waals surface area (Å²) < 4.78 is 0. The van der Waals surface area contributed by atoms with Crippen molar-refractivity contribution in [2.45, 2.75) is 11.8 Å². The van der Waals surface area contributed by atoms with Crippen molar-refractivity contribution in [2.24, 2.45) is 0 Å². The molecule has 24 heavy (non-hydrogen) atoms. The molecule has 0 spiro atoms. The zero-order valence-corrected chi connectivity index (χ0v) is 13.5. The average Bonchev–Trinajstić information content (AvgIpc) is 3.11. The first-order valence-electron chi connectivity index (χ1n) is 7.21. The molecule has 0 saturated heterocycles. The van der Waals surface area contributed by atoms with Gasteiger partial charge in [-0.15, -0.1) is 5.10 Å². The number of thioether (sulfide) groups is 1. The molecule has 2 aromatic heterocycles. The van der Waals surface area contributed by atoms with Crippen LogP contribution in [0, 0.1) is 0 Å². The van der Waals surface area contributed by atoms with Crippen LogP contribution in [0.2, 0.25) is 0 Å². The fourth-order valence-electron chi connectivity index (χ4n) is 1.88. The maximum atomic E-state index is 11.8. The third-order valence-corrected chi connectivity index (χ3v) is 3.85. The van der Waals surface area contributed by atoms with Crippen LogP contribution in [-0.2, 0) is 16.2 Å². The van der Waals surface area contributed by atoms with Gasteiger partial charge in [0.15, 0.2) is 5.82 Å². The molecule has 8 heteroatoms. The molecule has 7 nitrogen and oxygen atoms in total. The van der Waals surface area contributed by atoms with E-state index in [1.165, 1.54) is 11.8 Å². The molecule has 0 aliphatic rings. The molecule has 0 fully saturated rings. The molecule has 0 atom stereocenters. The predicted octanol–water partition coefficient (Wildman–Crippen LogP) is 2.21. The van der Waals surface area contributed by atoms with Gasteiger partial charge < -0.3 is 0 Å². The summed E-state index contributed by atoms with van der Waals surface area (Å²) in [6, 6.07) is 13.3. The summed E-state index contributed by atoms with van der Waals surface area (Å²) in [5, 5.41) is 7.39. The van der Waals surface area contributed by atoms with E-state index < -0.39 is 0 Å². The molecule has 1 amide bonds. The van der Waals surface area contributed by atoms with Crippen molar-refractivity contribution < 1.29 is 9.63 Å². The molecule has 1 aromatic carbocycles. The highest BCUT2D eigenvalue weighted by molar-refractivity contribution is 7.99. The second-order valence-corrected chi connectivity index (χ2v) is 5.74. The lowest BCUT2D eigenvalue weighted by molar-refractivity contribution is -0.131. The van der Waals surface area contributed by atoms with E-state index in [4.69, 9.17) is 4.84 Å². The van der Waals surface area contributed by atoms with Crippen LogP contribution in [0.15, 0.2) is 60.0 Å². The molecule has 0 bridgehead atoms. The van der Waals surface area contributed by atoms with Gasteiger partial charge in [0.05, 0.1) is 12.4 Å². The first-order chi connectivity index (χ1) is 11.8. The van der Waals surface area contributed by atoms with Crippen molar-refractivity contribution in [2.75, 3.05) is 5.75 Å². The Labute approximate surface area is 142 Å². The minimum atomic E-state index is -0.247. The van der Waals surface area contributed by atoms with Gasteiger partial charge in [-0.3, -0.25) is 19.7 Å². The SMILES string of the molecule is O=C(CSc1n[nH]c(-c2cccnc2)n1)NOCc1ccccc1. The van der Waals surface area contributed by atoms with Crippen molar-refractivity contribution in [3.05, 3.63) is 60.4 Å². The number of H-pyrrole nitrogens is 1. The maximum absolute atomic E-state index is 11.8. The fourth-order valence-corrected chi connectivity index (χ4v) is 2.46. The number of carbonyl (C=O) groups is 1. The quantitative estimate of drug-likeness (QED) is 0.505. The van der Waals surface area contributed by atoms with Crippen LogP contribution < -0.4 is 5.48 Å². The topological polar surface area (TPSA) is 92.8 Å². The Morgan fingerprint density at radius 3 is 2.88 bits per heavy atom. The highest BCUT2D eigenvalue weighted by atomic mass is 32.2. The summed E-state index contributed by atoms with van der Waals surface area (Å²) in [7, 11) is 0. The first-order valence-corrected chi connectivity index (χ1v) is 8.20. The van der Waals surface area contributed by atoms with Gasteiger partial charge in [0.1, 0.15) is 0 Å². The lowest BCUT2D eigenvalue weighted by Gasteiger charge is -2.04. The molecule has 3 rings (SSSR count). The van der Waals surface area contributed by atoms with Crippen LogP contribution >= 0.6 is 11.8 Å². The molecule has 0 unspecified atom stereocenters. The largest absolute Gasteiger partial charge is 0.272 e. The van der Waals surface area contributed by atoms with Gasteiger partial charge in [-0.05, 0) is 17.7 Å². The smallest absolute Gasteiger partial charge is 0.254 e. The van der Waals surface area contributed by atoms with E-state index >= 15 is 0 Å². The molecule has 0 radical (unpaired) electrons. The van der Waals surface area contributed by atoms with Crippen LogP contribution in [0.3, 0.4) is 0 Å². The van der Waals surface area contributed by atoms with E-state index in [-0.39, 0.29) is 11.7 Å². The van der Waals surface area contributed by atoms with E-state index in [2.05, 4.69) is 25.6 Å². The summed E-state index contributed by atoms with van der Waals surface area (Å²) in [5.74, 6) is 0.536. The van der Waals surface area contributed by atoms with E-state index in [1.807, 2.05) is 42.5 Å². The summed E-state index contributed by atoms with van der Waals surface area (Å²) >= 11 is 1.22. The minimum Gasteiger partial charge on any atom is -0.272 e. The van der Waals surface area contributed by atoms with Gasteiger partial charge in [0.2, 0.25) is 5.16 Å². The number of aromatic nitrogens is 4. The molecule has 0 aliphatic heterocycles. The number of hydrogen-bond donors (Lipinski definition) is 2. The highest BCUT2D eigenvalue weighted by Crippen LogP contribution is 2.17. The number of hydroxylamine groups is 1. The van der Waals surface area contributed by atoms with Crippen molar-refractivity contribution in [1.82, 2.24) is 25.6 Å². The average molecular weight is 341 g/mol. The van der Waals surface area contributed by atoms with E-state index in [1.54, 1.807) is 12.4 Å². The van der Waals surface area contributed by atoms with Crippen molar-refractivity contribution in [3.8, 4) is 11.4 Å². The second-order valence-electron chi connectivity index (χ2n) is 4.80. The van der Waals surface area contributed by atoms with Crippen LogP contribution in [0.4, 0.5) is 0 Å². The Hall–Kier alpha value is -2.71. The van der Waals surface area contributed by atoms with Crippen LogP contribution in [-0.4, -0.2) is 31.8 Å². The Bertz CT molecular complexity index is 779. The Kier molecular flexibility index (Phi) is 5.54. The van der Waals surface area contributed by atoms with Gasteiger partial charge in [-0.25, -0.2) is 10.5 Å². The normalized spacial score (nSPS) is 10.5. The van der Waals surface area contributed by atoms with Crippen molar-refractivity contribution in [3.63, 3.8) is 0 Å². The number of nitrogens with zero attached hydrogens (tertiary/aromatic N) is 3. The zero-order valence-electron chi connectivity index (χ0n) is 12.7. The van der Waals surface area contributed by atoms with E-state index in [9.17, 15) is 4.79 Å². The number of rotatable bonds is 7. The lowest BCUT2D eigenvalue weighted by Crippen LogP contribution is -2.25. The highest BCUT2D eigenvalue weighted by Gasteiger charge is 2.09. The standard InChI is InChI=1S/C16H15N5O2S/c22-14(21-23-10-12-5-2-1-3-6-12)11-24-16-18-15(19-20-16)13-7-4-8-17-9-13/h1-9H,10-11H2,(H,21,22)(H,18,19,20). The van der Waals surface area contributed by atoms with Gasteiger partial charge in [-0.2, -0.15) is 0 Å². The monoisotopic (exact) mass is 341 g/mol. The maximum Gasteiger partial charge on any atom is 0.254 e. The molecule has 2 heterocycles. The number of nitrogens with one attached hydrogen (secondary N) is 2. The van der Waals surface area contributed by atoms with Crippen LogP contribution in [0.25, 0.3) is 11.4 Å². The molecular formula is C16H15N5O2S. The van der Waals surface area contributed by atoms with Gasteiger partial charge in [0, 0.05) is 18.0 Å². The van der Waals surface area contributed by atoms with E-state index in [0.29, 0.717) is 17.6 Å². The fraction of sp³-hybridized carbons (Fsp3) is 0.125. The minimum absolute atomic E-state index is 0.166. The zero-order chi connectivity index (χ0) is 16.6. The molecular weight excluding hydrogens is 326 g/mol. The first kappa shape index (κ1) is 16.2. The lowest BCUT2D eigenvalue weighted by atomic mass is 10.2. The van der Waals surface area contributed by atoms with Crippen molar-refractivity contribution >= 4 is 17.7 Å². The second kappa shape index (κ2) is 8.23. The van der Waals surface area contributed by atoms with E-state index in [0.717, 1.165) is 11.1 Å². The number of hydrogen-bond acceptors (Lipinski definition) is 6. The Morgan fingerprint density at radius 2 is 2.08 bits per heavy atom.